The van der Waals surface area contributed by atoms with Crippen LogP contribution in [0, 0.1) is 0 Å². The largest absolute Gasteiger partial charge is 0.497 e. The second kappa shape index (κ2) is 9.38. The molecule has 0 aromatic heterocycles. The van der Waals surface area contributed by atoms with Crippen LogP contribution in [0.1, 0.15) is 30.1 Å². The maximum Gasteiger partial charge on any atom is 0.255 e. The standard InChI is InChI=1S/C22H27N3O5S/c1-16(25(31(3,28)29)17-10-12-18(30-2)13-11-17)21(26)23-20-9-5-4-8-19(20)22(27)24-14-6-7-15-24/h4-5,8-13,16H,6-7,14-15H2,1-3H3,(H,23,26)/t16-/m1/s1. The lowest BCUT2D eigenvalue weighted by Gasteiger charge is -2.28. The number of hydrogen-bond donors (Lipinski definition) is 1. The number of carbonyl (C=O) groups is 2. The van der Waals surface area contributed by atoms with Gasteiger partial charge in [0.05, 0.1) is 30.3 Å². The molecule has 0 radical (unpaired) electrons. The van der Waals surface area contributed by atoms with Crippen molar-refractivity contribution in [2.75, 3.05) is 36.1 Å². The highest BCUT2D eigenvalue weighted by Gasteiger charge is 2.30. The summed E-state index contributed by atoms with van der Waals surface area (Å²) in [6.45, 7) is 2.89. The third-order valence-electron chi connectivity index (χ3n) is 5.22. The molecule has 1 atom stereocenters. The molecule has 2 amide bonds. The molecule has 3 rings (SSSR count). The van der Waals surface area contributed by atoms with Crippen molar-refractivity contribution in [2.45, 2.75) is 25.8 Å². The average Bonchev–Trinajstić information content (AvgIpc) is 3.28. The Bertz CT molecular complexity index is 1050. The Morgan fingerprint density at radius 3 is 2.26 bits per heavy atom. The monoisotopic (exact) mass is 445 g/mol. The number of benzene rings is 2. The normalized spacial score (nSPS) is 14.7. The third kappa shape index (κ3) is 5.16. The first-order valence-electron chi connectivity index (χ1n) is 10.0. The predicted molar refractivity (Wildman–Crippen MR) is 120 cm³/mol. The fraction of sp³-hybridized carbons (Fsp3) is 0.364. The van der Waals surface area contributed by atoms with E-state index >= 15 is 0 Å². The summed E-state index contributed by atoms with van der Waals surface area (Å²) in [6, 6.07) is 12.1. The zero-order valence-corrected chi connectivity index (χ0v) is 18.7. The highest BCUT2D eigenvalue weighted by molar-refractivity contribution is 7.92. The molecule has 8 nitrogen and oxygen atoms in total. The molecule has 0 unspecified atom stereocenters. The van der Waals surface area contributed by atoms with Crippen LogP contribution in [0.3, 0.4) is 0 Å². The number of likely N-dealkylation sites (tertiary alicyclic amines) is 1. The first-order valence-corrected chi connectivity index (χ1v) is 11.9. The SMILES string of the molecule is COc1ccc(N([C@H](C)C(=O)Nc2ccccc2C(=O)N2CCCC2)S(C)(=O)=O)cc1. The summed E-state index contributed by atoms with van der Waals surface area (Å²) >= 11 is 0. The van der Waals surface area contributed by atoms with E-state index in [1.54, 1.807) is 53.4 Å². The Morgan fingerprint density at radius 1 is 1.06 bits per heavy atom. The molecular weight excluding hydrogens is 418 g/mol. The lowest BCUT2D eigenvalue weighted by Crippen LogP contribution is -2.45. The van der Waals surface area contributed by atoms with E-state index in [0.29, 0.717) is 35.8 Å². The lowest BCUT2D eigenvalue weighted by molar-refractivity contribution is -0.116. The molecule has 0 saturated carbocycles. The number of ether oxygens (including phenoxy) is 1. The first-order chi connectivity index (χ1) is 14.7. The van der Waals surface area contributed by atoms with E-state index in [4.69, 9.17) is 4.74 Å². The zero-order valence-electron chi connectivity index (χ0n) is 17.9. The number of amides is 2. The second-order valence-electron chi connectivity index (χ2n) is 7.47. The fourth-order valence-electron chi connectivity index (χ4n) is 3.64. The van der Waals surface area contributed by atoms with Crippen molar-refractivity contribution in [1.82, 2.24) is 4.90 Å². The summed E-state index contributed by atoms with van der Waals surface area (Å²) < 4.78 is 31.1. The van der Waals surface area contributed by atoms with Crippen molar-refractivity contribution >= 4 is 33.2 Å². The molecule has 1 fully saturated rings. The number of methoxy groups -OCH3 is 1. The minimum Gasteiger partial charge on any atom is -0.497 e. The lowest BCUT2D eigenvalue weighted by atomic mass is 10.1. The maximum atomic E-state index is 13.0. The molecule has 0 aliphatic carbocycles. The quantitative estimate of drug-likeness (QED) is 0.707. The van der Waals surface area contributed by atoms with E-state index in [0.717, 1.165) is 23.4 Å². The molecular formula is C22H27N3O5S. The van der Waals surface area contributed by atoms with Gasteiger partial charge in [-0.1, -0.05) is 12.1 Å². The zero-order chi connectivity index (χ0) is 22.6. The van der Waals surface area contributed by atoms with Crippen LogP contribution in [0.25, 0.3) is 0 Å². The molecule has 2 aromatic rings. The fourth-order valence-corrected chi connectivity index (χ4v) is 4.82. The number of nitrogens with one attached hydrogen (secondary N) is 1. The number of rotatable bonds is 7. The van der Waals surface area contributed by atoms with E-state index in [1.807, 2.05) is 0 Å². The van der Waals surface area contributed by atoms with Gasteiger partial charge in [0.1, 0.15) is 11.8 Å². The van der Waals surface area contributed by atoms with Crippen molar-refractivity contribution in [3.63, 3.8) is 0 Å². The van der Waals surface area contributed by atoms with Crippen LogP contribution in [0.5, 0.6) is 5.75 Å². The second-order valence-corrected chi connectivity index (χ2v) is 9.33. The molecule has 31 heavy (non-hydrogen) atoms. The molecule has 1 saturated heterocycles. The molecule has 1 aliphatic heterocycles. The average molecular weight is 446 g/mol. The van der Waals surface area contributed by atoms with E-state index in [2.05, 4.69) is 5.32 Å². The van der Waals surface area contributed by atoms with Crippen LogP contribution in [-0.4, -0.2) is 57.6 Å². The summed E-state index contributed by atoms with van der Waals surface area (Å²) in [5.74, 6) is -0.109. The van der Waals surface area contributed by atoms with Gasteiger partial charge in [-0.15, -0.1) is 0 Å². The Morgan fingerprint density at radius 2 is 1.68 bits per heavy atom. The van der Waals surface area contributed by atoms with E-state index in [9.17, 15) is 18.0 Å². The molecule has 1 heterocycles. The Kier molecular flexibility index (Phi) is 6.84. The smallest absolute Gasteiger partial charge is 0.255 e. The molecule has 0 bridgehead atoms. The van der Waals surface area contributed by atoms with Gasteiger partial charge in [-0.05, 0) is 56.2 Å². The van der Waals surface area contributed by atoms with Crippen molar-refractivity contribution < 1.29 is 22.7 Å². The van der Waals surface area contributed by atoms with Crippen LogP contribution in [0.15, 0.2) is 48.5 Å². The summed E-state index contributed by atoms with van der Waals surface area (Å²) in [7, 11) is -2.24. The number of sulfonamides is 1. The maximum absolute atomic E-state index is 13.0. The van der Waals surface area contributed by atoms with Crippen LogP contribution in [-0.2, 0) is 14.8 Å². The number of para-hydroxylation sites is 1. The minimum atomic E-state index is -3.76. The van der Waals surface area contributed by atoms with Crippen LogP contribution >= 0.6 is 0 Å². The topological polar surface area (TPSA) is 96.0 Å². The van der Waals surface area contributed by atoms with Gasteiger partial charge in [0.2, 0.25) is 15.9 Å². The van der Waals surface area contributed by atoms with Gasteiger partial charge in [-0.3, -0.25) is 13.9 Å². The van der Waals surface area contributed by atoms with Crippen molar-refractivity contribution in [3.8, 4) is 5.75 Å². The number of carbonyl (C=O) groups excluding carboxylic acids is 2. The van der Waals surface area contributed by atoms with Crippen LogP contribution in [0.4, 0.5) is 11.4 Å². The van der Waals surface area contributed by atoms with Gasteiger partial charge in [-0.2, -0.15) is 0 Å². The first kappa shape index (κ1) is 22.6. The van der Waals surface area contributed by atoms with Gasteiger partial charge in [0, 0.05) is 13.1 Å². The van der Waals surface area contributed by atoms with Crippen LogP contribution < -0.4 is 14.4 Å². The molecule has 1 N–H and O–H groups in total. The molecule has 1 aliphatic rings. The summed E-state index contributed by atoms with van der Waals surface area (Å²) in [5.41, 5.74) is 1.09. The van der Waals surface area contributed by atoms with Gasteiger partial charge >= 0.3 is 0 Å². The summed E-state index contributed by atoms with van der Waals surface area (Å²) in [4.78, 5) is 27.6. The molecule has 9 heteroatoms. The molecule has 166 valence electrons. The molecule has 0 spiro atoms. The predicted octanol–water partition coefficient (Wildman–Crippen LogP) is 2.72. The summed E-state index contributed by atoms with van der Waals surface area (Å²) in [6.07, 6.45) is 2.97. The highest BCUT2D eigenvalue weighted by Crippen LogP contribution is 2.25. The van der Waals surface area contributed by atoms with Crippen molar-refractivity contribution in [1.29, 1.82) is 0 Å². The van der Waals surface area contributed by atoms with E-state index in [1.165, 1.54) is 14.0 Å². The molecule has 2 aromatic carbocycles. The number of hydrogen-bond acceptors (Lipinski definition) is 5. The summed E-state index contributed by atoms with van der Waals surface area (Å²) in [5, 5.41) is 2.74. The van der Waals surface area contributed by atoms with Gasteiger partial charge in [-0.25, -0.2) is 8.42 Å². The Balaban J connectivity index is 1.85. The highest BCUT2D eigenvalue weighted by atomic mass is 32.2. The Hall–Kier alpha value is -3.07. The minimum absolute atomic E-state index is 0.142. The van der Waals surface area contributed by atoms with Gasteiger partial charge in [0.15, 0.2) is 0 Å². The number of anilines is 2. The van der Waals surface area contributed by atoms with Crippen LogP contribution in [0.2, 0.25) is 0 Å². The van der Waals surface area contributed by atoms with Crippen molar-refractivity contribution in [3.05, 3.63) is 54.1 Å². The van der Waals surface area contributed by atoms with Crippen molar-refractivity contribution in [2.24, 2.45) is 0 Å². The van der Waals surface area contributed by atoms with Gasteiger partial charge in [0.25, 0.3) is 5.91 Å². The van der Waals surface area contributed by atoms with Gasteiger partial charge < -0.3 is 15.0 Å². The van der Waals surface area contributed by atoms with E-state index < -0.39 is 22.0 Å². The Labute approximate surface area is 182 Å². The third-order valence-corrected chi connectivity index (χ3v) is 6.47. The number of nitrogens with zero attached hydrogens (tertiary/aromatic N) is 2. The van der Waals surface area contributed by atoms with E-state index in [-0.39, 0.29) is 5.91 Å².